The summed E-state index contributed by atoms with van der Waals surface area (Å²) in [7, 11) is 1.87. The number of benzene rings is 1. The normalized spacial score (nSPS) is 10.8. The summed E-state index contributed by atoms with van der Waals surface area (Å²) in [6, 6.07) is 6.96. The van der Waals surface area contributed by atoms with Crippen molar-refractivity contribution in [3.05, 3.63) is 33.5 Å². The third-order valence-electron chi connectivity index (χ3n) is 2.88. The Balaban J connectivity index is 2.50. The van der Waals surface area contributed by atoms with Crippen LogP contribution >= 0.6 is 22.6 Å². The van der Waals surface area contributed by atoms with E-state index >= 15 is 0 Å². The fraction of sp³-hybridized carbons (Fsp3) is 0.333. The average Bonchev–Trinajstić information content (AvgIpc) is 2.41. The summed E-state index contributed by atoms with van der Waals surface area (Å²) < 4.78 is 1.07. The third kappa shape index (κ3) is 3.39. The van der Waals surface area contributed by atoms with Crippen LogP contribution in [0.4, 0.5) is 5.82 Å². The van der Waals surface area contributed by atoms with Gasteiger partial charge in [0.05, 0.1) is 9.26 Å². The van der Waals surface area contributed by atoms with E-state index in [2.05, 4.69) is 51.7 Å². The molecule has 1 aromatic heterocycles. The molecule has 0 amide bonds. The molecule has 0 fully saturated rings. The highest BCUT2D eigenvalue weighted by molar-refractivity contribution is 14.1. The lowest BCUT2D eigenvalue weighted by molar-refractivity contribution is 0.475. The molecule has 1 heterocycles. The first kappa shape index (κ1) is 15.0. The Morgan fingerprint density at radius 3 is 2.40 bits per heavy atom. The van der Waals surface area contributed by atoms with Crippen LogP contribution in [0.1, 0.15) is 19.5 Å². The minimum absolute atomic E-state index is 0.246. The second-order valence-corrected chi connectivity index (χ2v) is 6.13. The number of phenolic OH excluding ortho intramolecular Hbond substituents is 1. The standard InChI is InChI=1S/C15H18IN3O/c1-9(2)8-12-13(16)15(17-3)19-14(18-12)10-4-6-11(20)7-5-10/h4-7,9,20H,8H2,1-3H3,(H,17,18,19). The van der Waals surface area contributed by atoms with E-state index in [1.807, 2.05) is 19.2 Å². The van der Waals surface area contributed by atoms with Gasteiger partial charge in [-0.25, -0.2) is 9.97 Å². The maximum Gasteiger partial charge on any atom is 0.161 e. The van der Waals surface area contributed by atoms with Crippen LogP contribution in [-0.4, -0.2) is 22.1 Å². The van der Waals surface area contributed by atoms with Gasteiger partial charge in [-0.05, 0) is 59.2 Å². The van der Waals surface area contributed by atoms with E-state index in [9.17, 15) is 5.11 Å². The SMILES string of the molecule is CNc1nc(-c2ccc(O)cc2)nc(CC(C)C)c1I. The van der Waals surface area contributed by atoms with Gasteiger partial charge in [0.15, 0.2) is 5.82 Å². The predicted molar refractivity (Wildman–Crippen MR) is 89.9 cm³/mol. The zero-order chi connectivity index (χ0) is 14.7. The van der Waals surface area contributed by atoms with E-state index in [0.29, 0.717) is 11.7 Å². The maximum absolute atomic E-state index is 9.37. The van der Waals surface area contributed by atoms with Gasteiger partial charge in [-0.3, -0.25) is 0 Å². The summed E-state index contributed by atoms with van der Waals surface area (Å²) in [6.45, 7) is 4.36. The second-order valence-electron chi connectivity index (χ2n) is 5.05. The molecular weight excluding hydrogens is 365 g/mol. The number of hydrogen-bond donors (Lipinski definition) is 2. The Bertz CT molecular complexity index is 597. The number of aromatic hydroxyl groups is 1. The Hall–Kier alpha value is -1.37. The molecule has 0 atom stereocenters. The van der Waals surface area contributed by atoms with Crippen molar-refractivity contribution in [2.45, 2.75) is 20.3 Å². The Kier molecular flexibility index (Phi) is 4.80. The summed E-state index contributed by atoms with van der Waals surface area (Å²) in [4.78, 5) is 9.23. The summed E-state index contributed by atoms with van der Waals surface area (Å²) in [5, 5.41) is 12.5. The van der Waals surface area contributed by atoms with Crippen LogP contribution in [0.25, 0.3) is 11.4 Å². The molecule has 2 aromatic rings. The summed E-state index contributed by atoms with van der Waals surface area (Å²) >= 11 is 2.29. The molecule has 5 heteroatoms. The van der Waals surface area contributed by atoms with Crippen LogP contribution in [0.5, 0.6) is 5.75 Å². The van der Waals surface area contributed by atoms with E-state index < -0.39 is 0 Å². The molecule has 0 unspecified atom stereocenters. The van der Waals surface area contributed by atoms with Gasteiger partial charge >= 0.3 is 0 Å². The number of nitrogens with one attached hydrogen (secondary N) is 1. The van der Waals surface area contributed by atoms with Gasteiger partial charge in [-0.15, -0.1) is 0 Å². The highest BCUT2D eigenvalue weighted by Crippen LogP contribution is 2.26. The zero-order valence-electron chi connectivity index (χ0n) is 11.8. The van der Waals surface area contributed by atoms with Crippen molar-refractivity contribution in [2.75, 3.05) is 12.4 Å². The summed E-state index contributed by atoms with van der Waals surface area (Å²) in [5.41, 5.74) is 1.96. The predicted octanol–water partition coefficient (Wildman–Crippen LogP) is 3.69. The molecule has 106 valence electrons. The lowest BCUT2D eigenvalue weighted by atomic mass is 10.1. The van der Waals surface area contributed by atoms with Crippen molar-refractivity contribution in [1.82, 2.24) is 9.97 Å². The van der Waals surface area contributed by atoms with E-state index in [1.165, 1.54) is 0 Å². The topological polar surface area (TPSA) is 58.0 Å². The van der Waals surface area contributed by atoms with Gasteiger partial charge in [0.2, 0.25) is 0 Å². The van der Waals surface area contributed by atoms with E-state index in [0.717, 1.165) is 27.1 Å². The molecule has 0 aliphatic carbocycles. The Morgan fingerprint density at radius 2 is 1.85 bits per heavy atom. The molecule has 0 saturated heterocycles. The first-order valence-electron chi connectivity index (χ1n) is 6.54. The Morgan fingerprint density at radius 1 is 1.20 bits per heavy atom. The van der Waals surface area contributed by atoms with Gasteiger partial charge < -0.3 is 10.4 Å². The molecule has 20 heavy (non-hydrogen) atoms. The van der Waals surface area contributed by atoms with Gasteiger partial charge in [-0.2, -0.15) is 0 Å². The zero-order valence-corrected chi connectivity index (χ0v) is 14.0. The van der Waals surface area contributed by atoms with Crippen LogP contribution < -0.4 is 5.32 Å². The van der Waals surface area contributed by atoms with Gasteiger partial charge in [0, 0.05) is 12.6 Å². The highest BCUT2D eigenvalue weighted by atomic mass is 127. The van der Waals surface area contributed by atoms with Crippen molar-refractivity contribution in [3.63, 3.8) is 0 Å². The molecule has 0 spiro atoms. The third-order valence-corrected chi connectivity index (χ3v) is 4.02. The summed E-state index contributed by atoms with van der Waals surface area (Å²) in [6.07, 6.45) is 0.917. The molecule has 0 aliphatic rings. The Labute approximate surface area is 132 Å². The highest BCUT2D eigenvalue weighted by Gasteiger charge is 2.13. The van der Waals surface area contributed by atoms with E-state index in [-0.39, 0.29) is 5.75 Å². The van der Waals surface area contributed by atoms with Crippen molar-refractivity contribution >= 4 is 28.4 Å². The number of aromatic nitrogens is 2. The minimum Gasteiger partial charge on any atom is -0.508 e. The number of rotatable bonds is 4. The number of nitrogens with zero attached hydrogens (tertiary/aromatic N) is 2. The fourth-order valence-corrected chi connectivity index (χ4v) is 2.65. The largest absolute Gasteiger partial charge is 0.508 e. The first-order chi connectivity index (χ1) is 9.51. The van der Waals surface area contributed by atoms with Gasteiger partial charge in [0.1, 0.15) is 11.6 Å². The number of halogens is 1. The van der Waals surface area contributed by atoms with Crippen molar-refractivity contribution < 1.29 is 5.11 Å². The second kappa shape index (κ2) is 6.39. The molecule has 0 radical (unpaired) electrons. The fourth-order valence-electron chi connectivity index (χ4n) is 1.92. The molecule has 2 rings (SSSR count). The van der Waals surface area contributed by atoms with Crippen LogP contribution in [-0.2, 0) is 6.42 Å². The number of anilines is 1. The van der Waals surface area contributed by atoms with Crippen molar-refractivity contribution in [3.8, 4) is 17.1 Å². The van der Waals surface area contributed by atoms with E-state index in [1.54, 1.807) is 12.1 Å². The molecule has 0 bridgehead atoms. The lowest BCUT2D eigenvalue weighted by Crippen LogP contribution is -2.07. The molecule has 4 nitrogen and oxygen atoms in total. The van der Waals surface area contributed by atoms with E-state index in [4.69, 9.17) is 0 Å². The van der Waals surface area contributed by atoms with Crippen LogP contribution in [0.3, 0.4) is 0 Å². The first-order valence-corrected chi connectivity index (χ1v) is 7.62. The quantitative estimate of drug-likeness (QED) is 0.791. The minimum atomic E-state index is 0.246. The van der Waals surface area contributed by atoms with Crippen LogP contribution in [0, 0.1) is 9.49 Å². The maximum atomic E-state index is 9.37. The average molecular weight is 383 g/mol. The van der Waals surface area contributed by atoms with Gasteiger partial charge in [-0.1, -0.05) is 13.8 Å². The summed E-state index contributed by atoms with van der Waals surface area (Å²) in [5.74, 6) is 2.32. The molecular formula is C15H18IN3O. The lowest BCUT2D eigenvalue weighted by Gasteiger charge is -2.12. The number of hydrogen-bond acceptors (Lipinski definition) is 4. The molecule has 0 saturated carbocycles. The molecule has 1 aromatic carbocycles. The molecule has 2 N–H and O–H groups in total. The van der Waals surface area contributed by atoms with Crippen LogP contribution in [0.15, 0.2) is 24.3 Å². The van der Waals surface area contributed by atoms with Crippen molar-refractivity contribution in [2.24, 2.45) is 5.92 Å². The van der Waals surface area contributed by atoms with Gasteiger partial charge in [0.25, 0.3) is 0 Å². The van der Waals surface area contributed by atoms with Crippen molar-refractivity contribution in [1.29, 1.82) is 0 Å². The smallest absolute Gasteiger partial charge is 0.161 e. The molecule has 0 aliphatic heterocycles. The monoisotopic (exact) mass is 383 g/mol. The van der Waals surface area contributed by atoms with Crippen LogP contribution in [0.2, 0.25) is 0 Å². The number of phenols is 1.